The average Bonchev–Trinajstić information content (AvgIpc) is 3.20. The second-order valence-corrected chi connectivity index (χ2v) is 6.87. The Morgan fingerprint density at radius 1 is 1.38 bits per heavy atom. The van der Waals surface area contributed by atoms with E-state index in [1.807, 2.05) is 22.9 Å². The molecule has 2 N–H and O–H groups in total. The Labute approximate surface area is 156 Å². The number of halogens is 2. The minimum Gasteiger partial charge on any atom is -0.316 e. The zero-order valence-corrected chi connectivity index (χ0v) is 15.8. The van der Waals surface area contributed by atoms with E-state index in [0.717, 1.165) is 24.0 Å². The van der Waals surface area contributed by atoms with Crippen molar-refractivity contribution in [3.05, 3.63) is 46.7 Å². The summed E-state index contributed by atoms with van der Waals surface area (Å²) in [6, 6.07) is 8.14. The molecular weight excluding hydrogens is 392 g/mol. The Kier molecular flexibility index (Phi) is 7.27. The lowest BCUT2D eigenvalue weighted by molar-refractivity contribution is -0.116. The van der Waals surface area contributed by atoms with Gasteiger partial charge in [-0.1, -0.05) is 28.1 Å². The average molecular weight is 414 g/mol. The first-order valence-electron chi connectivity index (χ1n) is 7.97. The topological polar surface area (TPSA) is 59.0 Å². The van der Waals surface area contributed by atoms with Crippen LogP contribution >= 0.6 is 28.3 Å². The van der Waals surface area contributed by atoms with Crippen LogP contribution in [0.3, 0.4) is 0 Å². The number of hydrogen-bond donors (Lipinski definition) is 2. The van der Waals surface area contributed by atoms with Gasteiger partial charge in [0, 0.05) is 23.3 Å². The van der Waals surface area contributed by atoms with Crippen LogP contribution in [0.15, 0.2) is 41.1 Å². The molecule has 1 aliphatic heterocycles. The summed E-state index contributed by atoms with van der Waals surface area (Å²) in [6.07, 6.45) is 6.27. The smallest absolute Gasteiger partial charge is 0.226 e. The maximum Gasteiger partial charge on any atom is 0.226 e. The van der Waals surface area contributed by atoms with Crippen LogP contribution < -0.4 is 10.6 Å². The molecule has 3 rings (SSSR count). The molecule has 1 amide bonds. The highest BCUT2D eigenvalue weighted by Crippen LogP contribution is 2.16. The number of amides is 1. The van der Waals surface area contributed by atoms with Gasteiger partial charge in [0.05, 0.1) is 6.54 Å². The van der Waals surface area contributed by atoms with Crippen molar-refractivity contribution in [2.45, 2.75) is 25.8 Å². The molecule has 0 saturated carbocycles. The Balaban J connectivity index is 0.00000208. The number of carbonyl (C=O) groups is 1. The Morgan fingerprint density at radius 3 is 2.88 bits per heavy atom. The van der Waals surface area contributed by atoms with Crippen molar-refractivity contribution in [2.24, 2.45) is 5.92 Å². The third kappa shape index (κ3) is 5.33. The van der Waals surface area contributed by atoms with Gasteiger partial charge in [-0.2, -0.15) is 0 Å². The number of nitrogens with one attached hydrogen (secondary N) is 2. The Bertz CT molecular complexity index is 653. The highest BCUT2D eigenvalue weighted by molar-refractivity contribution is 9.10. The fraction of sp³-hybridized carbons (Fsp3) is 0.412. The van der Waals surface area contributed by atoms with E-state index in [-0.39, 0.29) is 18.3 Å². The van der Waals surface area contributed by atoms with E-state index in [9.17, 15) is 4.79 Å². The summed E-state index contributed by atoms with van der Waals surface area (Å²) in [5.41, 5.74) is 1.17. The van der Waals surface area contributed by atoms with Crippen molar-refractivity contribution in [3.63, 3.8) is 0 Å². The molecule has 2 heterocycles. The zero-order chi connectivity index (χ0) is 16.1. The second-order valence-electron chi connectivity index (χ2n) is 5.95. The molecule has 130 valence electrons. The molecule has 1 fully saturated rings. The van der Waals surface area contributed by atoms with E-state index in [1.54, 1.807) is 6.20 Å². The molecule has 1 aliphatic rings. The molecule has 1 aromatic carbocycles. The lowest BCUT2D eigenvalue weighted by atomic mass is 10.0. The molecule has 0 radical (unpaired) electrons. The molecule has 0 bridgehead atoms. The molecule has 0 aliphatic carbocycles. The fourth-order valence-corrected chi connectivity index (χ4v) is 3.09. The lowest BCUT2D eigenvalue weighted by Crippen LogP contribution is -2.17. The number of nitrogens with zero attached hydrogens (tertiary/aromatic N) is 2. The maximum absolute atomic E-state index is 12.1. The van der Waals surface area contributed by atoms with Crippen molar-refractivity contribution in [3.8, 4) is 0 Å². The highest BCUT2D eigenvalue weighted by Gasteiger charge is 2.16. The molecule has 1 atom stereocenters. The molecule has 0 spiro atoms. The monoisotopic (exact) mass is 412 g/mol. The van der Waals surface area contributed by atoms with Crippen LogP contribution in [0.4, 0.5) is 5.95 Å². The van der Waals surface area contributed by atoms with Crippen LogP contribution in [0.2, 0.25) is 0 Å². The molecule has 1 saturated heterocycles. The predicted molar refractivity (Wildman–Crippen MR) is 102 cm³/mol. The van der Waals surface area contributed by atoms with Crippen LogP contribution in [0.5, 0.6) is 0 Å². The molecular formula is C17H22BrClN4O. The van der Waals surface area contributed by atoms with Crippen molar-refractivity contribution < 1.29 is 4.79 Å². The minimum absolute atomic E-state index is 0. The summed E-state index contributed by atoms with van der Waals surface area (Å²) < 4.78 is 3.01. The normalized spacial score (nSPS) is 16.6. The zero-order valence-electron chi connectivity index (χ0n) is 13.4. The minimum atomic E-state index is 0. The number of hydrogen-bond acceptors (Lipinski definition) is 3. The SMILES string of the molecule is Cl.O=C(CCC1CCNC1)Nc1nccn1Cc1ccc(Br)cc1. The quantitative estimate of drug-likeness (QED) is 0.762. The van der Waals surface area contributed by atoms with E-state index in [2.05, 4.69) is 43.7 Å². The molecule has 5 nitrogen and oxygen atoms in total. The first-order valence-corrected chi connectivity index (χ1v) is 8.76. The van der Waals surface area contributed by atoms with E-state index in [1.165, 1.54) is 12.0 Å². The number of rotatable bonds is 6. The number of aromatic nitrogens is 2. The van der Waals surface area contributed by atoms with Crippen molar-refractivity contribution in [1.29, 1.82) is 0 Å². The summed E-state index contributed by atoms with van der Waals surface area (Å²) in [4.78, 5) is 16.4. The molecule has 1 unspecified atom stereocenters. The van der Waals surface area contributed by atoms with E-state index >= 15 is 0 Å². The lowest BCUT2D eigenvalue weighted by Gasteiger charge is -2.11. The van der Waals surface area contributed by atoms with Crippen molar-refractivity contribution in [2.75, 3.05) is 18.4 Å². The van der Waals surface area contributed by atoms with Crippen LogP contribution in [0, 0.1) is 5.92 Å². The first-order chi connectivity index (χ1) is 11.2. The van der Waals surface area contributed by atoms with Gasteiger partial charge in [0.25, 0.3) is 0 Å². The highest BCUT2D eigenvalue weighted by atomic mass is 79.9. The Morgan fingerprint density at radius 2 is 2.17 bits per heavy atom. The first kappa shape index (κ1) is 19.0. The standard InChI is InChI=1S/C17H21BrN4O.ClH/c18-15-4-1-14(2-5-15)12-22-10-9-20-17(22)21-16(23)6-3-13-7-8-19-11-13;/h1-2,4-5,9-10,13,19H,3,6-8,11-12H2,(H,20,21,23);1H. The number of imidazole rings is 1. The van der Waals surface area contributed by atoms with Crippen molar-refractivity contribution >= 4 is 40.2 Å². The van der Waals surface area contributed by atoms with Gasteiger partial charge in [0.1, 0.15) is 0 Å². The molecule has 1 aromatic heterocycles. The second kappa shape index (κ2) is 9.20. The van der Waals surface area contributed by atoms with E-state index < -0.39 is 0 Å². The van der Waals surface area contributed by atoms with Gasteiger partial charge in [-0.05, 0) is 49.5 Å². The van der Waals surface area contributed by atoms with E-state index in [4.69, 9.17) is 0 Å². The van der Waals surface area contributed by atoms with Gasteiger partial charge < -0.3 is 9.88 Å². The summed E-state index contributed by atoms with van der Waals surface area (Å²) >= 11 is 3.44. The van der Waals surface area contributed by atoms with Crippen molar-refractivity contribution in [1.82, 2.24) is 14.9 Å². The van der Waals surface area contributed by atoms with Crippen LogP contribution in [0.25, 0.3) is 0 Å². The van der Waals surface area contributed by atoms with E-state index in [0.29, 0.717) is 24.8 Å². The third-order valence-corrected chi connectivity index (χ3v) is 4.70. The van der Waals surface area contributed by atoms with Crippen LogP contribution in [-0.4, -0.2) is 28.5 Å². The van der Waals surface area contributed by atoms with Gasteiger partial charge in [0.2, 0.25) is 11.9 Å². The largest absolute Gasteiger partial charge is 0.316 e. The predicted octanol–water partition coefficient (Wildman–Crippen LogP) is 3.44. The number of anilines is 1. The molecule has 2 aromatic rings. The van der Waals surface area contributed by atoms with Gasteiger partial charge in [-0.25, -0.2) is 4.98 Å². The number of benzene rings is 1. The van der Waals surface area contributed by atoms with Gasteiger partial charge in [-0.3, -0.25) is 10.1 Å². The number of carbonyl (C=O) groups excluding carboxylic acids is 1. The van der Waals surface area contributed by atoms with Gasteiger partial charge >= 0.3 is 0 Å². The third-order valence-electron chi connectivity index (χ3n) is 4.17. The maximum atomic E-state index is 12.1. The summed E-state index contributed by atoms with van der Waals surface area (Å²) in [5.74, 6) is 1.28. The summed E-state index contributed by atoms with van der Waals surface area (Å²) in [5, 5.41) is 6.26. The molecule has 7 heteroatoms. The van der Waals surface area contributed by atoms with Gasteiger partial charge in [0.15, 0.2) is 0 Å². The summed E-state index contributed by atoms with van der Waals surface area (Å²) in [7, 11) is 0. The summed E-state index contributed by atoms with van der Waals surface area (Å²) in [6.45, 7) is 2.80. The fourth-order valence-electron chi connectivity index (χ4n) is 2.83. The van der Waals surface area contributed by atoms with Crippen LogP contribution in [-0.2, 0) is 11.3 Å². The molecule has 24 heavy (non-hydrogen) atoms. The Hall–Kier alpha value is -1.37. The van der Waals surface area contributed by atoms with Gasteiger partial charge in [-0.15, -0.1) is 12.4 Å². The van der Waals surface area contributed by atoms with Crippen LogP contribution in [0.1, 0.15) is 24.8 Å².